The molecular weight excluding hydrogens is 1430 g/mol. The minimum atomic E-state index is 0.709. The molecule has 5 heterocycles. The van der Waals surface area contributed by atoms with E-state index in [0.717, 1.165) is 156 Å². The fourth-order valence-corrected chi connectivity index (χ4v) is 16.5. The zero-order valence-electron chi connectivity index (χ0n) is 75.1. The van der Waals surface area contributed by atoms with Crippen molar-refractivity contribution in [3.63, 3.8) is 0 Å². The molecule has 12 heteroatoms. The Morgan fingerprint density at radius 3 is 0.517 bits per heavy atom. The molecule has 0 saturated carbocycles. The summed E-state index contributed by atoms with van der Waals surface area (Å²) in [6, 6.07) is 43.7. The number of fused-ring (bicyclic) bond motifs is 8. The summed E-state index contributed by atoms with van der Waals surface area (Å²) in [5.74, 6) is 3.53. The fourth-order valence-electron chi connectivity index (χ4n) is 16.5. The van der Waals surface area contributed by atoms with Crippen LogP contribution in [0.4, 0.5) is 0 Å². The van der Waals surface area contributed by atoms with Crippen molar-refractivity contribution in [1.29, 1.82) is 0 Å². The Bertz CT molecular complexity index is 3610. The van der Waals surface area contributed by atoms with Gasteiger partial charge < -0.3 is 46.8 Å². The first kappa shape index (κ1) is 92.4. The molecule has 0 amide bonds. The Labute approximate surface area is 704 Å². The van der Waals surface area contributed by atoms with Crippen LogP contribution in [-0.4, -0.2) is 175 Å². The lowest BCUT2D eigenvalue weighted by Gasteiger charge is -2.23. The van der Waals surface area contributed by atoms with Crippen molar-refractivity contribution in [2.24, 2.45) is 0 Å². The molecule has 7 aromatic rings. The van der Waals surface area contributed by atoms with Crippen molar-refractivity contribution >= 4 is 46.4 Å². The Hall–Kier alpha value is -7.48. The van der Waals surface area contributed by atoms with Gasteiger partial charge in [0, 0.05) is 44.3 Å². The van der Waals surface area contributed by atoms with E-state index in [1.54, 1.807) is 0 Å². The summed E-state index contributed by atoms with van der Waals surface area (Å²) in [6.07, 6.45) is 60.5. The molecule has 0 unspecified atom stereocenters. The lowest BCUT2D eigenvalue weighted by atomic mass is 10.0. The number of hydrogen-bond donors (Lipinski definition) is 2. The van der Waals surface area contributed by atoms with Gasteiger partial charge in [-0.15, -0.1) is 0 Å². The van der Waals surface area contributed by atoms with Crippen molar-refractivity contribution in [1.82, 2.24) is 19.9 Å². The Morgan fingerprint density at radius 2 is 0.353 bits per heavy atom. The molecule has 116 heavy (non-hydrogen) atoms. The van der Waals surface area contributed by atoms with Crippen LogP contribution in [0.25, 0.3) is 90.9 Å². The highest BCUT2D eigenvalue weighted by atomic mass is 16.5. The number of nitrogens with zero attached hydrogens (tertiary/aromatic N) is 6. The number of benzene rings is 4. The molecule has 0 atom stereocenters. The standard InChI is InChI=1S/C104H158N8O4/c1-109(2,3)77-45-37-29-21-13-17-25-33-41-49-81-113-89-61-53-85(54-62-89)101-93-69-71-95(105-93)102(86-55-63-90(64-56-86)114-82-50-42-34-26-18-14-22-30-38-46-78-110(4,5)6)97-73-75-99(107-97)104(88-59-67-92(68-60-88)116-84-52-44-36-28-20-16-24-32-40-48-80-112(10,11)12)100-76-74-98(108-100)103(96-72-70-94(101)106-96)87-57-65-91(66-58-87)115-83-51-43-35-27-19-15-23-31-39-47-79-111(7,8)9/h53-76,105,108H,13-52,77-84H2,1-12H3/q+4. The predicted octanol–water partition coefficient (Wildman–Crippen LogP) is 27.3. The molecule has 0 spiro atoms. The Balaban J connectivity index is 0.974. The summed E-state index contributed by atoms with van der Waals surface area (Å²) in [6.45, 7) is 7.91. The Kier molecular flexibility index (Phi) is 39.7. The molecule has 8 bridgehead atoms. The summed E-state index contributed by atoms with van der Waals surface area (Å²) >= 11 is 0. The van der Waals surface area contributed by atoms with Gasteiger partial charge >= 0.3 is 0 Å². The van der Waals surface area contributed by atoms with E-state index in [9.17, 15) is 0 Å². The van der Waals surface area contributed by atoms with Gasteiger partial charge in [-0.2, -0.15) is 0 Å². The maximum absolute atomic E-state index is 6.49. The lowest BCUT2D eigenvalue weighted by Crippen LogP contribution is -2.35. The number of quaternary nitrogens is 4. The smallest absolute Gasteiger partial charge is 0.119 e. The third kappa shape index (κ3) is 34.8. The number of aromatic amines is 2. The number of H-pyrrole nitrogens is 2. The monoisotopic (exact) mass is 1580 g/mol. The number of nitrogens with one attached hydrogen (secondary N) is 2. The van der Waals surface area contributed by atoms with Crippen molar-refractivity contribution in [2.45, 2.75) is 257 Å². The summed E-state index contributed by atoms with van der Waals surface area (Å²) in [4.78, 5) is 19.4. The largest absolute Gasteiger partial charge is 0.494 e. The van der Waals surface area contributed by atoms with E-state index in [4.69, 9.17) is 28.9 Å². The molecule has 0 radical (unpaired) electrons. The van der Waals surface area contributed by atoms with Crippen LogP contribution in [0.1, 0.15) is 280 Å². The van der Waals surface area contributed by atoms with Crippen LogP contribution in [0, 0.1) is 0 Å². The molecule has 12 nitrogen and oxygen atoms in total. The van der Waals surface area contributed by atoms with Gasteiger partial charge in [-0.25, -0.2) is 9.97 Å². The van der Waals surface area contributed by atoms with Crippen molar-refractivity contribution in [3.05, 3.63) is 144 Å². The predicted molar refractivity (Wildman–Crippen MR) is 499 cm³/mol. The highest BCUT2D eigenvalue weighted by molar-refractivity contribution is 6.00. The van der Waals surface area contributed by atoms with Crippen molar-refractivity contribution < 1.29 is 36.9 Å². The zero-order chi connectivity index (χ0) is 82.1. The minimum absolute atomic E-state index is 0.709. The molecule has 634 valence electrons. The summed E-state index contributed by atoms with van der Waals surface area (Å²) in [5, 5.41) is 0. The second kappa shape index (κ2) is 49.8. The summed E-state index contributed by atoms with van der Waals surface area (Å²) in [7, 11) is 27.6. The number of hydrogen-bond acceptors (Lipinski definition) is 6. The second-order valence-electron chi connectivity index (χ2n) is 38.2. The van der Waals surface area contributed by atoms with E-state index >= 15 is 0 Å². The van der Waals surface area contributed by atoms with E-state index in [1.807, 2.05) is 0 Å². The molecule has 0 fully saturated rings. The molecule has 2 N–H and O–H groups in total. The zero-order valence-corrected chi connectivity index (χ0v) is 75.1. The highest BCUT2D eigenvalue weighted by Gasteiger charge is 2.21. The number of rotatable bonds is 60. The molecule has 3 aromatic heterocycles. The fraction of sp³-hybridized carbons (Fsp3) is 0.577. The lowest BCUT2D eigenvalue weighted by molar-refractivity contribution is -0.870. The molecule has 9 rings (SSSR count). The molecule has 0 saturated heterocycles. The van der Waals surface area contributed by atoms with Crippen LogP contribution in [-0.2, 0) is 0 Å². The number of aromatic nitrogens is 4. The van der Waals surface area contributed by atoms with Crippen LogP contribution in [0.2, 0.25) is 0 Å². The molecule has 4 aromatic carbocycles. The van der Waals surface area contributed by atoms with E-state index in [2.05, 4.69) is 240 Å². The summed E-state index contributed by atoms with van der Waals surface area (Å²) < 4.78 is 30.2. The van der Waals surface area contributed by atoms with Gasteiger partial charge in [0.1, 0.15) is 23.0 Å². The average Bonchev–Trinajstić information content (AvgIpc) is 1.61. The SMILES string of the molecule is C[N+](C)(C)CCCCCCCCCCCCOc1ccc(-c2c3nc(c(-c4ccc(OCCCCCCCCCCCC[N+](C)(C)C)cc4)c4ccc([nH]4)c(-c4ccc(OCCCCCCCCCCCC[N+](C)(C)C)cc4)c4nc(c(-c5ccc(OCCCCCCCCCCCC[N+](C)(C)C)cc5)c5ccc2[nH]5)C=C4)C=C3)cc1. The average molecular weight is 1580 g/mol. The van der Waals surface area contributed by atoms with E-state index in [-0.39, 0.29) is 0 Å². The van der Waals surface area contributed by atoms with Gasteiger partial charge in [-0.05, 0) is 196 Å². The maximum atomic E-state index is 6.49. The van der Waals surface area contributed by atoms with Crippen LogP contribution < -0.4 is 18.9 Å². The normalized spacial score (nSPS) is 12.5. The van der Waals surface area contributed by atoms with E-state index in [0.29, 0.717) is 26.4 Å². The first-order valence-corrected chi connectivity index (χ1v) is 46.4. The first-order chi connectivity index (χ1) is 56.1. The first-order valence-electron chi connectivity index (χ1n) is 46.4. The van der Waals surface area contributed by atoms with Crippen LogP contribution >= 0.6 is 0 Å². The number of ether oxygens (including phenoxy) is 4. The van der Waals surface area contributed by atoms with Gasteiger partial charge in [0.15, 0.2) is 0 Å². The number of unbranched alkanes of at least 4 members (excludes halogenated alkanes) is 36. The quantitative estimate of drug-likeness (QED) is 0.0291. The topological polar surface area (TPSA) is 94.3 Å². The van der Waals surface area contributed by atoms with Gasteiger partial charge in [-0.1, -0.05) is 228 Å². The molecule has 2 aliphatic heterocycles. The Morgan fingerprint density at radius 1 is 0.198 bits per heavy atom. The highest BCUT2D eigenvalue weighted by Crippen LogP contribution is 2.40. The van der Waals surface area contributed by atoms with Crippen LogP contribution in [0.15, 0.2) is 121 Å². The molecule has 2 aliphatic rings. The van der Waals surface area contributed by atoms with Gasteiger partial charge in [0.05, 0.1) is 160 Å². The van der Waals surface area contributed by atoms with Crippen LogP contribution in [0.5, 0.6) is 23.0 Å². The summed E-state index contributed by atoms with van der Waals surface area (Å²) in [5.41, 5.74) is 15.5. The van der Waals surface area contributed by atoms with Crippen molar-refractivity contribution in [3.8, 4) is 67.5 Å². The minimum Gasteiger partial charge on any atom is -0.494 e. The second-order valence-corrected chi connectivity index (χ2v) is 38.2. The maximum Gasteiger partial charge on any atom is 0.119 e. The van der Waals surface area contributed by atoms with Crippen molar-refractivity contribution in [2.75, 3.05) is 137 Å². The van der Waals surface area contributed by atoms with E-state index in [1.165, 1.54) is 257 Å². The van der Waals surface area contributed by atoms with E-state index < -0.39 is 0 Å². The molecular formula is C104H158N8O4+4. The van der Waals surface area contributed by atoms with Gasteiger partial charge in [0.2, 0.25) is 0 Å². The van der Waals surface area contributed by atoms with Gasteiger partial charge in [0.25, 0.3) is 0 Å². The third-order valence-corrected chi connectivity index (χ3v) is 23.3. The third-order valence-electron chi connectivity index (χ3n) is 23.3. The molecule has 0 aliphatic carbocycles. The van der Waals surface area contributed by atoms with Crippen LogP contribution in [0.3, 0.4) is 0 Å². The van der Waals surface area contributed by atoms with Gasteiger partial charge in [-0.3, -0.25) is 0 Å².